The van der Waals surface area contributed by atoms with Crippen LogP contribution in [0.1, 0.15) is 11.1 Å². The van der Waals surface area contributed by atoms with E-state index in [0.717, 1.165) is 93.6 Å². The van der Waals surface area contributed by atoms with Gasteiger partial charge in [0.2, 0.25) is 0 Å². The summed E-state index contributed by atoms with van der Waals surface area (Å²) in [6.07, 6.45) is 1.90. The number of fused-ring (bicyclic) bond motifs is 12. The Labute approximate surface area is 263 Å². The minimum Gasteiger partial charge on any atom is -0.456 e. The maximum absolute atomic E-state index is 6.42. The zero-order chi connectivity index (χ0) is 30.5. The first-order chi connectivity index (χ1) is 22.6. The van der Waals surface area contributed by atoms with Crippen molar-refractivity contribution in [2.24, 2.45) is 0 Å². The van der Waals surface area contributed by atoms with Crippen LogP contribution in [0.25, 0.3) is 98.8 Å². The SMILES string of the molecule is Cc1ccc2oc3c(C)c4oc5ccc(-c6cccc(-c7cnc8c9ccccc9c9ccccc9c8n7)c6)cc5c4cc3c2c1. The number of hydrogen-bond acceptors (Lipinski definition) is 4. The van der Waals surface area contributed by atoms with Crippen LogP contribution in [-0.2, 0) is 0 Å². The van der Waals surface area contributed by atoms with Gasteiger partial charge in [0.25, 0.3) is 0 Å². The molecule has 0 saturated heterocycles. The maximum atomic E-state index is 6.42. The van der Waals surface area contributed by atoms with Crippen LogP contribution in [0.15, 0.2) is 130 Å². The van der Waals surface area contributed by atoms with Crippen LogP contribution in [0.2, 0.25) is 0 Å². The second-order valence-corrected chi connectivity index (χ2v) is 12.3. The van der Waals surface area contributed by atoms with E-state index in [0.29, 0.717) is 0 Å². The van der Waals surface area contributed by atoms with Crippen molar-refractivity contribution in [3.63, 3.8) is 0 Å². The van der Waals surface area contributed by atoms with Crippen LogP contribution in [0.3, 0.4) is 0 Å². The molecule has 0 aliphatic carbocycles. The number of rotatable bonds is 2. The van der Waals surface area contributed by atoms with Gasteiger partial charge in [-0.1, -0.05) is 84.4 Å². The van der Waals surface area contributed by atoms with E-state index in [2.05, 4.69) is 129 Å². The Balaban J connectivity index is 1.14. The largest absolute Gasteiger partial charge is 0.456 e. The van der Waals surface area contributed by atoms with Crippen LogP contribution in [0.5, 0.6) is 0 Å². The fraction of sp³-hybridized carbons (Fsp3) is 0.0476. The normalized spacial score (nSPS) is 12.1. The highest BCUT2D eigenvalue weighted by atomic mass is 16.3. The van der Waals surface area contributed by atoms with Crippen molar-refractivity contribution in [2.45, 2.75) is 13.8 Å². The number of hydrogen-bond donors (Lipinski definition) is 0. The fourth-order valence-corrected chi connectivity index (χ4v) is 7.24. The van der Waals surface area contributed by atoms with Gasteiger partial charge in [-0.2, -0.15) is 0 Å². The minimum atomic E-state index is 0.852. The highest BCUT2D eigenvalue weighted by molar-refractivity contribution is 6.23. The van der Waals surface area contributed by atoms with E-state index in [9.17, 15) is 0 Å². The third-order valence-corrected chi connectivity index (χ3v) is 9.50. The average molecular weight is 591 g/mol. The van der Waals surface area contributed by atoms with Crippen molar-refractivity contribution >= 4 is 76.5 Å². The highest BCUT2D eigenvalue weighted by Crippen LogP contribution is 2.41. The van der Waals surface area contributed by atoms with Crippen LogP contribution in [-0.4, -0.2) is 9.97 Å². The van der Waals surface area contributed by atoms with Crippen molar-refractivity contribution in [1.29, 1.82) is 0 Å². The maximum Gasteiger partial charge on any atom is 0.142 e. The summed E-state index contributed by atoms with van der Waals surface area (Å²) in [7, 11) is 0. The average Bonchev–Trinajstić information content (AvgIpc) is 3.66. The molecule has 0 atom stereocenters. The fourth-order valence-electron chi connectivity index (χ4n) is 7.24. The van der Waals surface area contributed by atoms with Gasteiger partial charge in [-0.05, 0) is 72.1 Å². The van der Waals surface area contributed by atoms with E-state index < -0.39 is 0 Å². The first-order valence-electron chi connectivity index (χ1n) is 15.6. The second kappa shape index (κ2) is 9.26. The molecule has 0 spiro atoms. The van der Waals surface area contributed by atoms with Crippen LogP contribution < -0.4 is 0 Å². The topological polar surface area (TPSA) is 52.1 Å². The third-order valence-electron chi connectivity index (χ3n) is 9.50. The monoisotopic (exact) mass is 590 g/mol. The lowest BCUT2D eigenvalue weighted by Gasteiger charge is -2.11. The Bertz CT molecular complexity index is 2860. The molecule has 3 aromatic heterocycles. The summed E-state index contributed by atoms with van der Waals surface area (Å²) in [6, 6.07) is 40.5. The summed E-state index contributed by atoms with van der Waals surface area (Å²) in [5.41, 5.74) is 11.7. The Hall–Kier alpha value is -6.00. The predicted molar refractivity (Wildman–Crippen MR) is 189 cm³/mol. The number of nitrogens with zero attached hydrogens (tertiary/aromatic N) is 2. The molecule has 0 N–H and O–H groups in total. The Kier molecular flexibility index (Phi) is 5.10. The van der Waals surface area contributed by atoms with Gasteiger partial charge in [-0.3, -0.25) is 4.98 Å². The van der Waals surface area contributed by atoms with Crippen molar-refractivity contribution in [3.05, 3.63) is 133 Å². The molecular formula is C42H26N2O2. The van der Waals surface area contributed by atoms with Gasteiger partial charge in [-0.25, -0.2) is 4.98 Å². The van der Waals surface area contributed by atoms with E-state index in [1.54, 1.807) is 0 Å². The number of furan rings is 2. The number of benzene rings is 7. The molecule has 4 nitrogen and oxygen atoms in total. The Morgan fingerprint density at radius 2 is 1.07 bits per heavy atom. The summed E-state index contributed by atoms with van der Waals surface area (Å²) in [5.74, 6) is 0. The van der Waals surface area contributed by atoms with Gasteiger partial charge in [0.05, 0.1) is 22.9 Å². The molecule has 0 unspecified atom stereocenters. The Morgan fingerprint density at radius 1 is 0.457 bits per heavy atom. The van der Waals surface area contributed by atoms with Crippen LogP contribution in [0.4, 0.5) is 0 Å². The first-order valence-corrected chi connectivity index (χ1v) is 15.6. The standard InChI is InChI=1S/C42H26N2O2/c1-23-14-16-37-32(18-23)34-21-35-33-20-26(15-17-38(33)46-42(35)24(2)41(34)45-37)25-8-7-9-27(19-25)36-22-43-39-30-12-5-3-10-28(30)29-11-4-6-13-31(29)40(39)44-36/h3-22H,1-2H3. The van der Waals surface area contributed by atoms with Gasteiger partial charge < -0.3 is 8.83 Å². The van der Waals surface area contributed by atoms with Gasteiger partial charge in [0.1, 0.15) is 22.3 Å². The molecule has 4 heteroatoms. The van der Waals surface area contributed by atoms with Gasteiger partial charge in [0.15, 0.2) is 0 Å². The van der Waals surface area contributed by atoms with Gasteiger partial charge >= 0.3 is 0 Å². The smallest absolute Gasteiger partial charge is 0.142 e. The van der Waals surface area contributed by atoms with E-state index in [4.69, 9.17) is 18.8 Å². The summed E-state index contributed by atoms with van der Waals surface area (Å²) in [4.78, 5) is 10.2. The molecule has 216 valence electrons. The molecule has 0 aliphatic rings. The van der Waals surface area contributed by atoms with Crippen molar-refractivity contribution in [3.8, 4) is 22.4 Å². The number of aromatic nitrogens is 2. The third kappa shape index (κ3) is 3.55. The predicted octanol–water partition coefficient (Wildman–Crippen LogP) is 11.7. The number of aryl methyl sites for hydroxylation is 2. The molecule has 7 aromatic carbocycles. The molecule has 0 saturated carbocycles. The summed E-state index contributed by atoms with van der Waals surface area (Å²) < 4.78 is 12.7. The lowest BCUT2D eigenvalue weighted by molar-refractivity contribution is 0.650. The van der Waals surface area contributed by atoms with Crippen molar-refractivity contribution in [1.82, 2.24) is 9.97 Å². The highest BCUT2D eigenvalue weighted by Gasteiger charge is 2.18. The van der Waals surface area contributed by atoms with Crippen LogP contribution >= 0.6 is 0 Å². The van der Waals surface area contributed by atoms with E-state index in [1.807, 2.05) is 6.20 Å². The van der Waals surface area contributed by atoms with Crippen molar-refractivity contribution in [2.75, 3.05) is 0 Å². The molecule has 46 heavy (non-hydrogen) atoms. The summed E-state index contributed by atoms with van der Waals surface area (Å²) in [6.45, 7) is 4.20. The second-order valence-electron chi connectivity index (χ2n) is 12.3. The molecule has 0 aliphatic heterocycles. The molecule has 0 bridgehead atoms. The molecule has 0 amide bonds. The Morgan fingerprint density at radius 3 is 1.80 bits per heavy atom. The van der Waals surface area contributed by atoms with E-state index in [-0.39, 0.29) is 0 Å². The quantitative estimate of drug-likeness (QED) is 0.188. The van der Waals surface area contributed by atoms with E-state index in [1.165, 1.54) is 16.3 Å². The summed E-state index contributed by atoms with van der Waals surface area (Å²) >= 11 is 0. The molecular weight excluding hydrogens is 564 g/mol. The summed E-state index contributed by atoms with van der Waals surface area (Å²) in [5, 5.41) is 9.07. The minimum absolute atomic E-state index is 0.852. The zero-order valence-corrected chi connectivity index (χ0v) is 25.3. The lowest BCUT2D eigenvalue weighted by atomic mass is 9.98. The van der Waals surface area contributed by atoms with Gasteiger partial charge in [0, 0.05) is 43.4 Å². The van der Waals surface area contributed by atoms with Crippen LogP contribution in [0, 0.1) is 13.8 Å². The first kappa shape index (κ1) is 25.3. The van der Waals surface area contributed by atoms with Crippen molar-refractivity contribution < 1.29 is 8.83 Å². The molecule has 10 rings (SSSR count). The molecule has 0 fully saturated rings. The molecule has 10 aromatic rings. The molecule has 3 heterocycles. The van der Waals surface area contributed by atoms with Gasteiger partial charge in [-0.15, -0.1) is 0 Å². The molecule has 0 radical (unpaired) electrons. The lowest BCUT2D eigenvalue weighted by Crippen LogP contribution is -1.92. The van der Waals surface area contributed by atoms with E-state index >= 15 is 0 Å². The zero-order valence-electron chi connectivity index (χ0n) is 25.3.